The van der Waals surface area contributed by atoms with Gasteiger partial charge in [-0.15, -0.1) is 0 Å². The Labute approximate surface area is 164 Å². The number of hydrogen-bond acceptors (Lipinski definition) is 6. The lowest BCUT2D eigenvalue weighted by Gasteiger charge is -2.16. The van der Waals surface area contributed by atoms with Gasteiger partial charge in [-0.3, -0.25) is 4.79 Å². The van der Waals surface area contributed by atoms with Gasteiger partial charge in [0, 0.05) is 23.0 Å². The summed E-state index contributed by atoms with van der Waals surface area (Å²) in [6.07, 6.45) is 0.559. The molecule has 3 rings (SSSR count). The third-order valence-corrected chi connectivity index (χ3v) is 6.73. The van der Waals surface area contributed by atoms with Gasteiger partial charge >= 0.3 is 5.97 Å². The number of carbonyl (C=O) groups excluding carboxylic acids is 2. The average Bonchev–Trinajstić information content (AvgIpc) is 3.17. The standard InChI is InChI=1S/C20H23NO6S/c1-13-9-18(14(2)21(13)16-7-8-28(24,25)12-16)19(22)11-27-17-6-4-5-15(10-17)20(23)26-3/h4-6,9-10,16H,7-8,11-12H2,1-3H3/t16-/m0/s1. The van der Waals surface area contributed by atoms with E-state index < -0.39 is 15.8 Å². The fourth-order valence-corrected chi connectivity index (χ4v) is 5.36. The van der Waals surface area contributed by atoms with Crippen LogP contribution in [0.1, 0.15) is 44.6 Å². The van der Waals surface area contributed by atoms with Gasteiger partial charge in [-0.05, 0) is 44.5 Å². The number of rotatable bonds is 6. The van der Waals surface area contributed by atoms with Crippen LogP contribution >= 0.6 is 0 Å². The summed E-state index contributed by atoms with van der Waals surface area (Å²) in [5.41, 5.74) is 2.46. The minimum Gasteiger partial charge on any atom is -0.485 e. The predicted molar refractivity (Wildman–Crippen MR) is 104 cm³/mol. The quantitative estimate of drug-likeness (QED) is 0.542. The van der Waals surface area contributed by atoms with Crippen molar-refractivity contribution in [2.75, 3.05) is 25.2 Å². The summed E-state index contributed by atoms with van der Waals surface area (Å²) < 4.78 is 35.8. The Balaban J connectivity index is 1.74. The Kier molecular flexibility index (Phi) is 5.60. The van der Waals surface area contributed by atoms with Crippen LogP contribution in [0.3, 0.4) is 0 Å². The normalized spacial score (nSPS) is 18.0. The molecule has 0 spiro atoms. The molecule has 28 heavy (non-hydrogen) atoms. The monoisotopic (exact) mass is 405 g/mol. The Morgan fingerprint density at radius 3 is 2.61 bits per heavy atom. The molecule has 0 aliphatic carbocycles. The highest BCUT2D eigenvalue weighted by Gasteiger charge is 2.31. The van der Waals surface area contributed by atoms with E-state index in [2.05, 4.69) is 4.74 Å². The van der Waals surface area contributed by atoms with Crippen molar-refractivity contribution in [3.63, 3.8) is 0 Å². The molecule has 1 aromatic carbocycles. The number of esters is 1. The molecule has 1 atom stereocenters. The lowest BCUT2D eigenvalue weighted by Crippen LogP contribution is -2.16. The molecule has 0 unspecified atom stereocenters. The van der Waals surface area contributed by atoms with Gasteiger partial charge in [0.15, 0.2) is 16.4 Å². The molecule has 0 radical (unpaired) electrons. The third kappa shape index (κ3) is 4.11. The maximum atomic E-state index is 12.7. The Bertz CT molecular complexity index is 1020. The highest BCUT2D eigenvalue weighted by Crippen LogP contribution is 2.29. The molecule has 150 valence electrons. The number of nitrogens with zero attached hydrogens (tertiary/aromatic N) is 1. The van der Waals surface area contributed by atoms with E-state index in [1.54, 1.807) is 24.3 Å². The van der Waals surface area contributed by atoms with Crippen LogP contribution in [-0.2, 0) is 14.6 Å². The lowest BCUT2D eigenvalue weighted by molar-refractivity contribution is 0.0600. The minimum absolute atomic E-state index is 0.105. The van der Waals surface area contributed by atoms with E-state index in [0.29, 0.717) is 23.3 Å². The van der Waals surface area contributed by atoms with Crippen LogP contribution < -0.4 is 4.74 Å². The van der Waals surface area contributed by atoms with Crippen LogP contribution in [0.5, 0.6) is 5.75 Å². The number of sulfone groups is 1. The number of hydrogen-bond donors (Lipinski definition) is 0. The highest BCUT2D eigenvalue weighted by atomic mass is 32.2. The van der Waals surface area contributed by atoms with Crippen molar-refractivity contribution in [1.29, 1.82) is 0 Å². The molecule has 1 aliphatic rings. The van der Waals surface area contributed by atoms with Crippen molar-refractivity contribution >= 4 is 21.6 Å². The number of carbonyl (C=O) groups is 2. The zero-order valence-corrected chi connectivity index (χ0v) is 16.9. The Morgan fingerprint density at radius 2 is 1.96 bits per heavy atom. The molecule has 0 amide bonds. The number of aromatic nitrogens is 1. The zero-order chi connectivity index (χ0) is 20.5. The minimum atomic E-state index is -3.02. The Hall–Kier alpha value is -2.61. The number of ether oxygens (including phenoxy) is 2. The first-order valence-electron chi connectivity index (χ1n) is 8.95. The summed E-state index contributed by atoms with van der Waals surface area (Å²) in [4.78, 5) is 24.3. The molecule has 1 saturated heterocycles. The number of aryl methyl sites for hydroxylation is 1. The first kappa shape index (κ1) is 20.1. The molecule has 1 fully saturated rings. The molecule has 0 bridgehead atoms. The van der Waals surface area contributed by atoms with Gasteiger partial charge in [-0.25, -0.2) is 13.2 Å². The molecule has 0 N–H and O–H groups in total. The van der Waals surface area contributed by atoms with Crippen LogP contribution in [0, 0.1) is 13.8 Å². The molecule has 2 heterocycles. The average molecular weight is 405 g/mol. The highest BCUT2D eigenvalue weighted by molar-refractivity contribution is 7.91. The Morgan fingerprint density at radius 1 is 1.21 bits per heavy atom. The third-order valence-electron chi connectivity index (χ3n) is 4.98. The van der Waals surface area contributed by atoms with Crippen molar-refractivity contribution < 1.29 is 27.5 Å². The maximum absolute atomic E-state index is 12.7. The summed E-state index contributed by atoms with van der Waals surface area (Å²) in [5.74, 6) is -0.00619. The van der Waals surface area contributed by atoms with Crippen molar-refractivity contribution in [1.82, 2.24) is 4.57 Å². The number of Topliss-reactive ketones (excluding diaryl/α,β-unsaturated/α-hetero) is 1. The van der Waals surface area contributed by atoms with Crippen molar-refractivity contribution in [2.45, 2.75) is 26.3 Å². The van der Waals surface area contributed by atoms with Gasteiger partial charge < -0.3 is 14.0 Å². The van der Waals surface area contributed by atoms with E-state index in [1.165, 1.54) is 13.2 Å². The van der Waals surface area contributed by atoms with Gasteiger partial charge in [0.2, 0.25) is 5.78 Å². The molecule has 8 heteroatoms. The van der Waals surface area contributed by atoms with Gasteiger partial charge in [0.1, 0.15) is 5.75 Å². The fourth-order valence-electron chi connectivity index (χ4n) is 3.66. The SMILES string of the molecule is COC(=O)c1cccc(OCC(=O)c2cc(C)n([C@H]3CCS(=O)(=O)C3)c2C)c1. The lowest BCUT2D eigenvalue weighted by atomic mass is 10.1. The zero-order valence-electron chi connectivity index (χ0n) is 16.1. The summed E-state index contributed by atoms with van der Waals surface area (Å²) in [7, 11) is -1.72. The second-order valence-corrected chi connectivity index (χ2v) is 9.17. The molecule has 7 nitrogen and oxygen atoms in total. The van der Waals surface area contributed by atoms with E-state index in [9.17, 15) is 18.0 Å². The van der Waals surface area contributed by atoms with E-state index in [-0.39, 0.29) is 29.9 Å². The van der Waals surface area contributed by atoms with Gasteiger partial charge in [0.05, 0.1) is 24.2 Å². The summed E-state index contributed by atoms with van der Waals surface area (Å²) in [6.45, 7) is 3.51. The van der Waals surface area contributed by atoms with Gasteiger partial charge in [-0.2, -0.15) is 0 Å². The van der Waals surface area contributed by atoms with Gasteiger partial charge in [-0.1, -0.05) is 6.07 Å². The maximum Gasteiger partial charge on any atom is 0.337 e. The van der Waals surface area contributed by atoms with Crippen LogP contribution in [0.15, 0.2) is 30.3 Å². The first-order chi connectivity index (χ1) is 13.2. The number of benzene rings is 1. The van der Waals surface area contributed by atoms with E-state index in [1.807, 2.05) is 18.4 Å². The predicted octanol–water partition coefficient (Wildman–Crippen LogP) is 2.51. The summed E-state index contributed by atoms with van der Waals surface area (Å²) in [5, 5.41) is 0. The molecule has 0 saturated carbocycles. The number of methoxy groups -OCH3 is 1. The molecule has 2 aromatic rings. The topological polar surface area (TPSA) is 91.7 Å². The first-order valence-corrected chi connectivity index (χ1v) is 10.8. The fraction of sp³-hybridized carbons (Fsp3) is 0.400. The van der Waals surface area contributed by atoms with Crippen LogP contribution in [-0.4, -0.2) is 50.0 Å². The van der Waals surface area contributed by atoms with E-state index in [4.69, 9.17) is 4.74 Å². The smallest absolute Gasteiger partial charge is 0.337 e. The molecular weight excluding hydrogens is 382 g/mol. The van der Waals surface area contributed by atoms with Crippen LogP contribution in [0.25, 0.3) is 0 Å². The number of ketones is 1. The molecular formula is C20H23NO6S. The van der Waals surface area contributed by atoms with Crippen molar-refractivity contribution in [3.8, 4) is 5.75 Å². The second kappa shape index (κ2) is 7.79. The second-order valence-electron chi connectivity index (χ2n) is 6.94. The molecule has 1 aliphatic heterocycles. The van der Waals surface area contributed by atoms with Crippen LogP contribution in [0.4, 0.5) is 0 Å². The van der Waals surface area contributed by atoms with Gasteiger partial charge in [0.25, 0.3) is 0 Å². The van der Waals surface area contributed by atoms with Crippen molar-refractivity contribution in [2.24, 2.45) is 0 Å². The largest absolute Gasteiger partial charge is 0.485 e. The van der Waals surface area contributed by atoms with E-state index >= 15 is 0 Å². The summed E-state index contributed by atoms with van der Waals surface area (Å²) in [6, 6.07) is 8.07. The molecule has 1 aromatic heterocycles. The van der Waals surface area contributed by atoms with E-state index in [0.717, 1.165) is 11.4 Å². The van der Waals surface area contributed by atoms with Crippen LogP contribution in [0.2, 0.25) is 0 Å². The summed E-state index contributed by atoms with van der Waals surface area (Å²) >= 11 is 0. The van der Waals surface area contributed by atoms with Crippen molar-refractivity contribution in [3.05, 3.63) is 52.8 Å².